The number of rotatable bonds is 4. The zero-order valence-electron chi connectivity index (χ0n) is 10.4. The third-order valence-corrected chi connectivity index (χ3v) is 2.79. The molecule has 0 saturated carbocycles. The number of nitrogens with two attached hydrogens (primary N) is 1. The molecule has 0 bridgehead atoms. The van der Waals surface area contributed by atoms with Gasteiger partial charge in [0.15, 0.2) is 0 Å². The first-order valence-corrected chi connectivity index (χ1v) is 6.14. The number of halogens is 1. The van der Waals surface area contributed by atoms with Crippen LogP contribution in [0, 0.1) is 0 Å². The van der Waals surface area contributed by atoms with E-state index < -0.39 is 0 Å². The second-order valence-corrected chi connectivity index (χ2v) is 4.58. The monoisotopic (exact) mass is 279 g/mol. The van der Waals surface area contributed by atoms with Crippen molar-refractivity contribution >= 4 is 23.3 Å². The number of carbonyl (C=O) groups excluding carboxylic acids is 1. The molecule has 1 atom stereocenters. The summed E-state index contributed by atoms with van der Waals surface area (Å²) in [7, 11) is 0. The molecule has 19 heavy (non-hydrogen) atoms. The number of aromatic nitrogens is 3. The summed E-state index contributed by atoms with van der Waals surface area (Å²) in [6, 6.07) is 4.82. The van der Waals surface area contributed by atoms with E-state index in [0.717, 1.165) is 0 Å². The van der Waals surface area contributed by atoms with Gasteiger partial charge in [0.1, 0.15) is 11.5 Å². The van der Waals surface area contributed by atoms with Crippen LogP contribution in [0.5, 0.6) is 0 Å². The second-order valence-electron chi connectivity index (χ2n) is 4.17. The van der Waals surface area contributed by atoms with Gasteiger partial charge in [0, 0.05) is 18.4 Å². The van der Waals surface area contributed by atoms with Gasteiger partial charge in [-0.3, -0.25) is 9.48 Å². The van der Waals surface area contributed by atoms with E-state index in [9.17, 15) is 4.79 Å². The lowest BCUT2D eigenvalue weighted by Gasteiger charge is -2.14. The Morgan fingerprint density at radius 3 is 3.05 bits per heavy atom. The number of pyridine rings is 1. The Balaban J connectivity index is 2.02. The first kappa shape index (κ1) is 13.4. The second kappa shape index (κ2) is 5.71. The van der Waals surface area contributed by atoms with Crippen molar-refractivity contribution in [1.29, 1.82) is 0 Å². The van der Waals surface area contributed by atoms with Crippen molar-refractivity contribution in [2.75, 3.05) is 5.73 Å². The maximum Gasteiger partial charge on any atom is 0.271 e. The predicted molar refractivity (Wildman–Crippen MR) is 72.8 cm³/mol. The summed E-state index contributed by atoms with van der Waals surface area (Å²) in [5.41, 5.74) is 5.68. The van der Waals surface area contributed by atoms with Gasteiger partial charge in [-0.15, -0.1) is 0 Å². The Bertz CT molecular complexity index is 570. The summed E-state index contributed by atoms with van der Waals surface area (Å²) in [6.45, 7) is 2.44. The average Bonchev–Trinajstić information content (AvgIpc) is 2.84. The molecule has 2 aromatic heterocycles. The van der Waals surface area contributed by atoms with Gasteiger partial charge in [0.25, 0.3) is 5.91 Å². The smallest absolute Gasteiger partial charge is 0.271 e. The molecule has 7 heteroatoms. The number of hydrogen-bond donors (Lipinski definition) is 2. The van der Waals surface area contributed by atoms with Crippen LogP contribution >= 0.6 is 11.6 Å². The molecule has 0 spiro atoms. The number of amides is 1. The standard InChI is InChI=1S/C12H14ClN5O/c1-8(7-18-6-2-5-15-18)16-12(19)11-9(13)3-4-10(14)17-11/h2-6,8H,7H2,1H3,(H2,14,17)(H,16,19). The molecule has 0 aliphatic rings. The molecule has 0 fully saturated rings. The molecular formula is C12H14ClN5O. The van der Waals surface area contributed by atoms with Gasteiger partial charge in [-0.05, 0) is 25.1 Å². The quantitative estimate of drug-likeness (QED) is 0.884. The third-order valence-electron chi connectivity index (χ3n) is 2.48. The normalized spacial score (nSPS) is 12.1. The Kier molecular flexibility index (Phi) is 4.01. The molecule has 6 nitrogen and oxygen atoms in total. The number of nitrogens with one attached hydrogen (secondary N) is 1. The minimum atomic E-state index is -0.350. The van der Waals surface area contributed by atoms with Crippen molar-refractivity contribution in [2.24, 2.45) is 0 Å². The van der Waals surface area contributed by atoms with E-state index >= 15 is 0 Å². The molecular weight excluding hydrogens is 266 g/mol. The van der Waals surface area contributed by atoms with E-state index in [1.165, 1.54) is 0 Å². The summed E-state index contributed by atoms with van der Waals surface area (Å²) in [4.78, 5) is 15.9. The van der Waals surface area contributed by atoms with Crippen LogP contribution in [0.25, 0.3) is 0 Å². The Morgan fingerprint density at radius 1 is 1.58 bits per heavy atom. The Hall–Kier alpha value is -2.08. The van der Waals surface area contributed by atoms with E-state index in [2.05, 4.69) is 15.4 Å². The van der Waals surface area contributed by atoms with E-state index in [1.54, 1.807) is 23.0 Å². The molecule has 1 amide bonds. The predicted octanol–water partition coefficient (Wildman–Crippen LogP) is 1.33. The lowest BCUT2D eigenvalue weighted by molar-refractivity contribution is 0.0931. The van der Waals surface area contributed by atoms with Crippen LogP contribution in [0.15, 0.2) is 30.6 Å². The van der Waals surface area contributed by atoms with Crippen molar-refractivity contribution in [2.45, 2.75) is 19.5 Å². The largest absolute Gasteiger partial charge is 0.384 e. The van der Waals surface area contributed by atoms with Crippen molar-refractivity contribution in [3.63, 3.8) is 0 Å². The number of nitrogen functional groups attached to an aromatic ring is 1. The van der Waals surface area contributed by atoms with Gasteiger partial charge in [0.2, 0.25) is 0 Å². The zero-order valence-corrected chi connectivity index (χ0v) is 11.1. The highest BCUT2D eigenvalue weighted by Gasteiger charge is 2.15. The fourth-order valence-electron chi connectivity index (χ4n) is 1.64. The Labute approximate surface area is 115 Å². The third kappa shape index (κ3) is 3.45. The summed E-state index contributed by atoms with van der Waals surface area (Å²) in [5.74, 6) is -0.0914. The van der Waals surface area contributed by atoms with Crippen LogP contribution in [-0.2, 0) is 6.54 Å². The summed E-state index contributed by atoms with van der Waals surface area (Å²) >= 11 is 5.92. The van der Waals surface area contributed by atoms with E-state index in [-0.39, 0.29) is 28.5 Å². The van der Waals surface area contributed by atoms with Gasteiger partial charge in [-0.1, -0.05) is 11.6 Å². The molecule has 0 aromatic carbocycles. The van der Waals surface area contributed by atoms with Crippen molar-refractivity contribution in [3.8, 4) is 0 Å². The molecule has 0 aliphatic carbocycles. The first-order valence-electron chi connectivity index (χ1n) is 5.76. The molecule has 1 unspecified atom stereocenters. The molecule has 2 aromatic rings. The topological polar surface area (TPSA) is 85.8 Å². The van der Waals surface area contributed by atoms with Gasteiger partial charge in [0.05, 0.1) is 11.6 Å². The first-order chi connectivity index (χ1) is 9.06. The molecule has 0 aliphatic heterocycles. The van der Waals surface area contributed by atoms with Gasteiger partial charge in [-0.25, -0.2) is 4.98 Å². The van der Waals surface area contributed by atoms with E-state index in [1.807, 2.05) is 19.2 Å². The van der Waals surface area contributed by atoms with Crippen LogP contribution in [0.4, 0.5) is 5.82 Å². The summed E-state index contributed by atoms with van der Waals surface area (Å²) in [6.07, 6.45) is 3.51. The number of carbonyl (C=O) groups is 1. The highest BCUT2D eigenvalue weighted by Crippen LogP contribution is 2.15. The van der Waals surface area contributed by atoms with Gasteiger partial charge in [-0.2, -0.15) is 5.10 Å². The SMILES string of the molecule is CC(Cn1cccn1)NC(=O)c1nc(N)ccc1Cl. The zero-order chi connectivity index (χ0) is 13.8. The number of hydrogen-bond acceptors (Lipinski definition) is 4. The molecule has 2 rings (SSSR count). The molecule has 3 N–H and O–H groups in total. The number of anilines is 1. The number of nitrogens with zero attached hydrogens (tertiary/aromatic N) is 3. The Morgan fingerprint density at radius 2 is 2.37 bits per heavy atom. The highest BCUT2D eigenvalue weighted by molar-refractivity contribution is 6.33. The van der Waals surface area contributed by atoms with Gasteiger partial charge >= 0.3 is 0 Å². The van der Waals surface area contributed by atoms with Crippen molar-refractivity contribution in [1.82, 2.24) is 20.1 Å². The molecule has 2 heterocycles. The molecule has 100 valence electrons. The van der Waals surface area contributed by atoms with E-state index in [0.29, 0.717) is 6.54 Å². The van der Waals surface area contributed by atoms with Crippen molar-refractivity contribution < 1.29 is 4.79 Å². The maximum atomic E-state index is 12.0. The summed E-state index contributed by atoms with van der Waals surface area (Å²) in [5, 5.41) is 7.15. The van der Waals surface area contributed by atoms with Crippen LogP contribution in [-0.4, -0.2) is 26.7 Å². The van der Waals surface area contributed by atoms with Gasteiger partial charge < -0.3 is 11.1 Å². The fraction of sp³-hybridized carbons (Fsp3) is 0.250. The molecule has 0 radical (unpaired) electrons. The fourth-order valence-corrected chi connectivity index (χ4v) is 1.83. The van der Waals surface area contributed by atoms with Crippen molar-refractivity contribution in [3.05, 3.63) is 41.3 Å². The molecule has 0 saturated heterocycles. The minimum absolute atomic E-state index is 0.105. The highest BCUT2D eigenvalue weighted by atomic mass is 35.5. The maximum absolute atomic E-state index is 12.0. The van der Waals surface area contributed by atoms with Crippen LogP contribution in [0.3, 0.4) is 0 Å². The lowest BCUT2D eigenvalue weighted by atomic mass is 10.3. The minimum Gasteiger partial charge on any atom is -0.384 e. The van der Waals surface area contributed by atoms with E-state index in [4.69, 9.17) is 17.3 Å². The summed E-state index contributed by atoms with van der Waals surface area (Å²) < 4.78 is 1.74. The lowest BCUT2D eigenvalue weighted by Crippen LogP contribution is -2.36. The van der Waals surface area contributed by atoms with Crippen LogP contribution < -0.4 is 11.1 Å². The average molecular weight is 280 g/mol. The van der Waals surface area contributed by atoms with Crippen LogP contribution in [0.2, 0.25) is 5.02 Å². The van der Waals surface area contributed by atoms with Crippen LogP contribution in [0.1, 0.15) is 17.4 Å².